The smallest absolute Gasteiger partial charge is 0.259 e. The second-order valence-corrected chi connectivity index (χ2v) is 7.83. The molecule has 0 atom stereocenters. The maximum absolute atomic E-state index is 13.2. The number of rotatable bonds is 3. The first kappa shape index (κ1) is 17.5. The molecule has 150 valence electrons. The number of hydrogen-bond donors (Lipinski definition) is 1. The van der Waals surface area contributed by atoms with E-state index in [1.807, 2.05) is 41.0 Å². The highest BCUT2D eigenvalue weighted by Crippen LogP contribution is 2.41. The summed E-state index contributed by atoms with van der Waals surface area (Å²) >= 11 is 0. The summed E-state index contributed by atoms with van der Waals surface area (Å²) in [6.45, 7) is 2.22. The molecule has 0 fully saturated rings. The number of nitrogens with zero attached hydrogens (tertiary/aromatic N) is 2. The number of aryl methyl sites for hydroxylation is 1. The van der Waals surface area contributed by atoms with Gasteiger partial charge in [-0.3, -0.25) is 4.79 Å². The Bertz CT molecular complexity index is 1390. The van der Waals surface area contributed by atoms with Gasteiger partial charge in [-0.1, -0.05) is 18.2 Å². The van der Waals surface area contributed by atoms with Crippen LogP contribution in [0.3, 0.4) is 0 Å². The predicted molar refractivity (Wildman–Crippen MR) is 116 cm³/mol. The highest BCUT2D eigenvalue weighted by atomic mass is 16.6. The standard InChI is InChI=1S/C24H21N3O3/c25-7-3-6-16-17-11-21-22(30-9-8-29-21)12-19(17)26-23-18(16)13-27-20(23)10-14-4-1-2-5-15(14)24(27)28/h1-2,4-5,10-12H,3,6-9,13,25H2. The van der Waals surface area contributed by atoms with Gasteiger partial charge < -0.3 is 19.8 Å². The number of aromatic nitrogens is 2. The molecule has 2 aromatic carbocycles. The van der Waals surface area contributed by atoms with Gasteiger partial charge in [0.1, 0.15) is 13.2 Å². The van der Waals surface area contributed by atoms with Gasteiger partial charge in [0.15, 0.2) is 11.5 Å². The highest BCUT2D eigenvalue weighted by Gasteiger charge is 2.27. The average Bonchev–Trinajstić information content (AvgIpc) is 3.14. The monoisotopic (exact) mass is 399 g/mol. The molecule has 0 spiro atoms. The Morgan fingerprint density at radius 1 is 1.03 bits per heavy atom. The summed E-state index contributed by atoms with van der Waals surface area (Å²) in [5.41, 5.74) is 10.8. The molecule has 0 radical (unpaired) electrons. The molecule has 0 amide bonds. The minimum absolute atomic E-state index is 0.0286. The Morgan fingerprint density at radius 2 is 1.83 bits per heavy atom. The van der Waals surface area contributed by atoms with Crippen molar-refractivity contribution in [3.8, 4) is 22.9 Å². The zero-order chi connectivity index (χ0) is 20.2. The first-order valence-corrected chi connectivity index (χ1v) is 10.3. The highest BCUT2D eigenvalue weighted by molar-refractivity contribution is 5.92. The molecular weight excluding hydrogens is 378 g/mol. The Kier molecular flexibility index (Phi) is 3.83. The lowest BCUT2D eigenvalue weighted by Gasteiger charge is -2.20. The lowest BCUT2D eigenvalue weighted by molar-refractivity contribution is 0.172. The SMILES string of the molecule is NCCCc1c2c(nc3cc4c(cc13)OCCO4)-c1cc3ccccc3c(=O)n1C2. The number of benzene rings is 2. The van der Waals surface area contributed by atoms with Gasteiger partial charge in [0, 0.05) is 22.4 Å². The Hall–Kier alpha value is -3.38. The molecule has 6 rings (SSSR count). The molecule has 2 aliphatic heterocycles. The van der Waals surface area contributed by atoms with Gasteiger partial charge in [0.05, 0.1) is 23.4 Å². The van der Waals surface area contributed by atoms with Gasteiger partial charge >= 0.3 is 0 Å². The van der Waals surface area contributed by atoms with Gasteiger partial charge in [-0.05, 0) is 48.5 Å². The summed E-state index contributed by atoms with van der Waals surface area (Å²) in [7, 11) is 0. The molecule has 4 heterocycles. The fourth-order valence-electron chi connectivity index (χ4n) is 4.66. The minimum Gasteiger partial charge on any atom is -0.486 e. The van der Waals surface area contributed by atoms with Crippen molar-refractivity contribution >= 4 is 21.7 Å². The van der Waals surface area contributed by atoms with Crippen LogP contribution in [0.2, 0.25) is 0 Å². The quantitative estimate of drug-likeness (QED) is 0.504. The van der Waals surface area contributed by atoms with Gasteiger partial charge in [-0.15, -0.1) is 0 Å². The van der Waals surface area contributed by atoms with Crippen LogP contribution in [0.15, 0.2) is 47.3 Å². The topological polar surface area (TPSA) is 79.4 Å². The lowest BCUT2D eigenvalue weighted by Crippen LogP contribution is -2.19. The van der Waals surface area contributed by atoms with Crippen molar-refractivity contribution < 1.29 is 9.47 Å². The summed E-state index contributed by atoms with van der Waals surface area (Å²) in [4.78, 5) is 18.2. The van der Waals surface area contributed by atoms with Crippen molar-refractivity contribution in [1.82, 2.24) is 9.55 Å². The normalized spacial score (nSPS) is 14.2. The molecule has 0 saturated heterocycles. The fraction of sp³-hybridized carbons (Fsp3) is 0.250. The molecule has 2 N–H and O–H groups in total. The van der Waals surface area contributed by atoms with Crippen molar-refractivity contribution in [2.45, 2.75) is 19.4 Å². The molecule has 30 heavy (non-hydrogen) atoms. The third-order valence-corrected chi connectivity index (χ3v) is 6.08. The van der Waals surface area contributed by atoms with Crippen LogP contribution in [-0.4, -0.2) is 29.3 Å². The van der Waals surface area contributed by atoms with Crippen LogP contribution in [0.1, 0.15) is 17.5 Å². The molecule has 4 aromatic rings. The van der Waals surface area contributed by atoms with E-state index in [1.54, 1.807) is 0 Å². The third kappa shape index (κ3) is 2.47. The molecule has 0 unspecified atom stereocenters. The van der Waals surface area contributed by atoms with E-state index in [0.29, 0.717) is 26.3 Å². The van der Waals surface area contributed by atoms with Crippen LogP contribution in [0.5, 0.6) is 11.5 Å². The molecule has 0 bridgehead atoms. The molecular formula is C24H21N3O3. The molecule has 2 aliphatic rings. The maximum Gasteiger partial charge on any atom is 0.259 e. The summed E-state index contributed by atoms with van der Waals surface area (Å²) < 4.78 is 13.4. The lowest BCUT2D eigenvalue weighted by atomic mass is 9.96. The number of pyridine rings is 2. The largest absolute Gasteiger partial charge is 0.486 e. The zero-order valence-electron chi connectivity index (χ0n) is 16.5. The van der Waals surface area contributed by atoms with Gasteiger partial charge in [0.25, 0.3) is 5.56 Å². The van der Waals surface area contributed by atoms with Crippen molar-refractivity contribution in [2.75, 3.05) is 19.8 Å². The molecule has 0 saturated carbocycles. The van der Waals surface area contributed by atoms with E-state index >= 15 is 0 Å². The van der Waals surface area contributed by atoms with E-state index in [4.69, 9.17) is 20.2 Å². The van der Waals surface area contributed by atoms with E-state index in [2.05, 4.69) is 6.07 Å². The number of fused-ring (bicyclic) bond motifs is 6. The first-order chi connectivity index (χ1) is 14.7. The van der Waals surface area contributed by atoms with E-state index < -0.39 is 0 Å². The molecule has 6 nitrogen and oxygen atoms in total. The molecule has 2 aromatic heterocycles. The third-order valence-electron chi connectivity index (χ3n) is 6.08. The summed E-state index contributed by atoms with van der Waals surface area (Å²) in [5.74, 6) is 1.47. The number of ether oxygens (including phenoxy) is 2. The van der Waals surface area contributed by atoms with Crippen LogP contribution < -0.4 is 20.8 Å². The second-order valence-electron chi connectivity index (χ2n) is 7.83. The predicted octanol–water partition coefficient (Wildman–Crippen LogP) is 3.24. The Labute approximate surface area is 172 Å². The van der Waals surface area contributed by atoms with E-state index in [0.717, 1.165) is 63.0 Å². The van der Waals surface area contributed by atoms with E-state index in [-0.39, 0.29) is 5.56 Å². The van der Waals surface area contributed by atoms with E-state index in [1.165, 1.54) is 5.56 Å². The Morgan fingerprint density at radius 3 is 2.67 bits per heavy atom. The zero-order valence-corrected chi connectivity index (χ0v) is 16.5. The van der Waals surface area contributed by atoms with Crippen LogP contribution in [0, 0.1) is 0 Å². The summed E-state index contributed by atoms with van der Waals surface area (Å²) in [6, 6.07) is 13.8. The van der Waals surface area contributed by atoms with E-state index in [9.17, 15) is 4.79 Å². The minimum atomic E-state index is 0.0286. The van der Waals surface area contributed by atoms with Crippen molar-refractivity contribution in [3.63, 3.8) is 0 Å². The van der Waals surface area contributed by atoms with Crippen LogP contribution >= 0.6 is 0 Å². The molecule has 6 heteroatoms. The number of hydrogen-bond acceptors (Lipinski definition) is 5. The summed E-state index contributed by atoms with van der Waals surface area (Å²) in [6.07, 6.45) is 1.70. The van der Waals surface area contributed by atoms with Gasteiger partial charge in [0.2, 0.25) is 0 Å². The van der Waals surface area contributed by atoms with Crippen LogP contribution in [0.4, 0.5) is 0 Å². The van der Waals surface area contributed by atoms with Crippen molar-refractivity contribution in [1.29, 1.82) is 0 Å². The first-order valence-electron chi connectivity index (χ1n) is 10.3. The maximum atomic E-state index is 13.2. The van der Waals surface area contributed by atoms with Gasteiger partial charge in [-0.2, -0.15) is 0 Å². The molecule has 0 aliphatic carbocycles. The van der Waals surface area contributed by atoms with Crippen molar-refractivity contribution in [3.05, 3.63) is 63.9 Å². The Balaban J connectivity index is 1.65. The van der Waals surface area contributed by atoms with Crippen molar-refractivity contribution in [2.24, 2.45) is 5.73 Å². The van der Waals surface area contributed by atoms with Gasteiger partial charge in [-0.25, -0.2) is 4.98 Å². The van der Waals surface area contributed by atoms with Crippen LogP contribution in [-0.2, 0) is 13.0 Å². The number of nitrogens with two attached hydrogens (primary N) is 1. The average molecular weight is 399 g/mol. The van der Waals surface area contributed by atoms with Crippen LogP contribution in [0.25, 0.3) is 33.1 Å². The summed E-state index contributed by atoms with van der Waals surface area (Å²) in [5, 5.41) is 2.73. The fourth-order valence-corrected chi connectivity index (χ4v) is 4.66. The second kappa shape index (κ2) is 6.57.